The highest BCUT2D eigenvalue weighted by Gasteiger charge is 2.34. The number of halogens is 3. The number of hydrogen-bond donors (Lipinski definition) is 1. The summed E-state index contributed by atoms with van der Waals surface area (Å²) in [7, 11) is 0. The van der Waals surface area contributed by atoms with Crippen molar-refractivity contribution in [2.75, 3.05) is 5.32 Å². The Labute approximate surface area is 176 Å². The first-order valence-corrected chi connectivity index (χ1v) is 10.3. The van der Waals surface area contributed by atoms with Gasteiger partial charge in [-0.15, -0.1) is 16.9 Å². The minimum absolute atomic E-state index is 0.186. The number of alkyl halides is 3. The van der Waals surface area contributed by atoms with Gasteiger partial charge in [-0.1, -0.05) is 13.8 Å². The molecule has 2 heterocycles. The number of nitrogens with zero attached hydrogens (tertiary/aromatic N) is 4. The number of hydrogen-bond acceptors (Lipinski definition) is 5. The second-order valence-electron chi connectivity index (χ2n) is 7.05. The monoisotopic (exact) mass is 437 g/mol. The standard InChI is InChI=1S/C20H22F3N5OS/c1-5-13(4)30-14-6-7-16(15(9-14)20(21,22)23)25-18(29)10-17-26-19-24-11(2)8-12(3)28(19)27-17/h6-9,13H,5,10H2,1-4H3,(H,25,29). The Morgan fingerprint density at radius 3 is 2.63 bits per heavy atom. The van der Waals surface area contributed by atoms with Crippen LogP contribution < -0.4 is 5.32 Å². The predicted octanol–water partition coefficient (Wildman–Crippen LogP) is 4.83. The van der Waals surface area contributed by atoms with Gasteiger partial charge >= 0.3 is 6.18 Å². The molecule has 0 saturated carbocycles. The summed E-state index contributed by atoms with van der Waals surface area (Å²) in [5, 5.41) is 6.76. The fourth-order valence-electron chi connectivity index (χ4n) is 2.88. The molecule has 160 valence electrons. The van der Waals surface area contributed by atoms with Crippen molar-refractivity contribution in [1.82, 2.24) is 19.6 Å². The summed E-state index contributed by atoms with van der Waals surface area (Å²) in [5.41, 5.74) is 0.397. The molecule has 1 atom stereocenters. The van der Waals surface area contributed by atoms with E-state index in [0.717, 1.165) is 23.9 Å². The lowest BCUT2D eigenvalue weighted by atomic mass is 10.1. The Bertz CT molecular complexity index is 1080. The van der Waals surface area contributed by atoms with Crippen molar-refractivity contribution in [2.45, 2.75) is 56.9 Å². The third-order valence-electron chi connectivity index (χ3n) is 4.46. The molecule has 0 bridgehead atoms. The zero-order valence-electron chi connectivity index (χ0n) is 17.0. The summed E-state index contributed by atoms with van der Waals surface area (Å²) in [4.78, 5) is 21.4. The predicted molar refractivity (Wildman–Crippen MR) is 110 cm³/mol. The van der Waals surface area contributed by atoms with Gasteiger partial charge in [0.25, 0.3) is 5.78 Å². The van der Waals surface area contributed by atoms with Gasteiger partial charge in [0.15, 0.2) is 5.82 Å². The molecule has 0 aliphatic carbocycles. The second kappa shape index (κ2) is 8.63. The van der Waals surface area contributed by atoms with Crippen LogP contribution in [0.4, 0.5) is 18.9 Å². The molecule has 1 aromatic carbocycles. The molecule has 0 fully saturated rings. The van der Waals surface area contributed by atoms with Gasteiger partial charge in [0, 0.05) is 21.5 Å². The quantitative estimate of drug-likeness (QED) is 0.559. The van der Waals surface area contributed by atoms with Crippen molar-refractivity contribution in [3.63, 3.8) is 0 Å². The average molecular weight is 437 g/mol. The number of anilines is 1. The van der Waals surface area contributed by atoms with Gasteiger partial charge in [0.2, 0.25) is 5.91 Å². The molecule has 10 heteroatoms. The Hall–Kier alpha value is -2.62. The second-order valence-corrected chi connectivity index (χ2v) is 8.56. The first-order valence-electron chi connectivity index (χ1n) is 9.44. The lowest BCUT2D eigenvalue weighted by Gasteiger charge is -2.16. The zero-order chi connectivity index (χ0) is 22.1. The molecule has 0 saturated heterocycles. The van der Waals surface area contributed by atoms with Crippen molar-refractivity contribution in [2.24, 2.45) is 0 Å². The van der Waals surface area contributed by atoms with Crippen LogP contribution in [0.15, 0.2) is 29.2 Å². The number of nitrogens with one attached hydrogen (secondary N) is 1. The molecule has 6 nitrogen and oxygen atoms in total. The number of thioether (sulfide) groups is 1. The minimum Gasteiger partial charge on any atom is -0.325 e. The molecule has 3 rings (SSSR count). The summed E-state index contributed by atoms with van der Waals surface area (Å²) < 4.78 is 42.1. The molecular formula is C20H22F3N5OS. The van der Waals surface area contributed by atoms with Gasteiger partial charge in [0.1, 0.15) is 0 Å². The number of aromatic nitrogens is 4. The Morgan fingerprint density at radius 2 is 1.97 bits per heavy atom. The van der Waals surface area contributed by atoms with E-state index in [4.69, 9.17) is 0 Å². The largest absolute Gasteiger partial charge is 0.418 e. The zero-order valence-corrected chi connectivity index (χ0v) is 17.9. The van der Waals surface area contributed by atoms with Crippen molar-refractivity contribution >= 4 is 29.1 Å². The summed E-state index contributed by atoms with van der Waals surface area (Å²) in [6, 6.07) is 5.77. The maximum absolute atomic E-state index is 13.5. The first-order chi connectivity index (χ1) is 14.1. The van der Waals surface area contributed by atoms with E-state index in [-0.39, 0.29) is 23.2 Å². The van der Waals surface area contributed by atoms with Gasteiger partial charge in [-0.25, -0.2) is 9.50 Å². The molecule has 0 spiro atoms. The average Bonchev–Trinajstić information content (AvgIpc) is 3.04. The molecule has 1 unspecified atom stereocenters. The number of amides is 1. The van der Waals surface area contributed by atoms with E-state index in [9.17, 15) is 18.0 Å². The van der Waals surface area contributed by atoms with E-state index in [1.54, 1.807) is 6.07 Å². The Kier molecular flexibility index (Phi) is 6.35. The molecule has 1 amide bonds. The molecule has 0 radical (unpaired) electrons. The summed E-state index contributed by atoms with van der Waals surface area (Å²) >= 11 is 1.37. The smallest absolute Gasteiger partial charge is 0.325 e. The van der Waals surface area contributed by atoms with Crippen LogP contribution in [0.2, 0.25) is 0 Å². The highest BCUT2D eigenvalue weighted by atomic mass is 32.2. The van der Waals surface area contributed by atoms with Crippen molar-refractivity contribution in [3.05, 3.63) is 47.0 Å². The third-order valence-corrected chi connectivity index (χ3v) is 5.73. The Balaban J connectivity index is 1.81. The number of benzene rings is 1. The van der Waals surface area contributed by atoms with Gasteiger partial charge in [0.05, 0.1) is 17.7 Å². The molecule has 0 aliphatic heterocycles. The van der Waals surface area contributed by atoms with Crippen LogP contribution in [0.25, 0.3) is 5.78 Å². The van der Waals surface area contributed by atoms with Crippen LogP contribution >= 0.6 is 11.8 Å². The topological polar surface area (TPSA) is 72.2 Å². The van der Waals surface area contributed by atoms with Crippen LogP contribution in [0.3, 0.4) is 0 Å². The summed E-state index contributed by atoms with van der Waals surface area (Å²) in [5.74, 6) is -0.1000. The number of carbonyl (C=O) groups is 1. The number of rotatable bonds is 6. The number of fused-ring (bicyclic) bond motifs is 1. The molecule has 2 aromatic heterocycles. The van der Waals surface area contributed by atoms with Crippen LogP contribution in [0.5, 0.6) is 0 Å². The van der Waals surface area contributed by atoms with Gasteiger partial charge in [-0.2, -0.15) is 18.2 Å². The molecule has 0 aliphatic rings. The maximum Gasteiger partial charge on any atom is 0.418 e. The maximum atomic E-state index is 13.5. The number of aryl methyl sites for hydroxylation is 2. The van der Waals surface area contributed by atoms with Crippen LogP contribution in [-0.2, 0) is 17.4 Å². The van der Waals surface area contributed by atoms with Crippen molar-refractivity contribution in [1.29, 1.82) is 0 Å². The summed E-state index contributed by atoms with van der Waals surface area (Å²) in [6.07, 6.45) is -4.01. The van der Waals surface area contributed by atoms with Crippen LogP contribution in [0.1, 0.15) is 43.0 Å². The van der Waals surface area contributed by atoms with Gasteiger partial charge < -0.3 is 5.32 Å². The fraction of sp³-hybridized carbons (Fsp3) is 0.400. The molecule has 30 heavy (non-hydrogen) atoms. The highest BCUT2D eigenvalue weighted by molar-refractivity contribution is 7.99. The van der Waals surface area contributed by atoms with E-state index in [1.807, 2.05) is 33.8 Å². The van der Waals surface area contributed by atoms with Crippen molar-refractivity contribution < 1.29 is 18.0 Å². The summed E-state index contributed by atoms with van der Waals surface area (Å²) in [6.45, 7) is 7.57. The van der Waals surface area contributed by atoms with Crippen molar-refractivity contribution in [3.8, 4) is 0 Å². The fourth-order valence-corrected chi connectivity index (χ4v) is 3.84. The van der Waals surface area contributed by atoms with Crippen LogP contribution in [-0.4, -0.2) is 30.7 Å². The number of carbonyl (C=O) groups excluding carboxylic acids is 1. The minimum atomic E-state index is -4.59. The molecule has 1 N–H and O–H groups in total. The van der Waals surface area contributed by atoms with E-state index in [1.165, 1.54) is 22.3 Å². The van der Waals surface area contributed by atoms with E-state index < -0.39 is 17.6 Å². The van der Waals surface area contributed by atoms with Crippen LogP contribution in [0, 0.1) is 13.8 Å². The lowest BCUT2D eigenvalue weighted by Crippen LogP contribution is -2.19. The normalized spacial score (nSPS) is 12.9. The van der Waals surface area contributed by atoms with Gasteiger partial charge in [-0.3, -0.25) is 4.79 Å². The SMILES string of the molecule is CCC(C)Sc1ccc(NC(=O)Cc2nc3nc(C)cc(C)n3n2)c(C(F)(F)F)c1. The Morgan fingerprint density at radius 1 is 1.23 bits per heavy atom. The lowest BCUT2D eigenvalue weighted by molar-refractivity contribution is -0.137. The molecule has 3 aromatic rings. The first kappa shape index (κ1) is 22.1. The van der Waals surface area contributed by atoms with Gasteiger partial charge in [-0.05, 0) is 44.5 Å². The van der Waals surface area contributed by atoms with E-state index in [0.29, 0.717) is 10.7 Å². The van der Waals surface area contributed by atoms with E-state index >= 15 is 0 Å². The highest BCUT2D eigenvalue weighted by Crippen LogP contribution is 2.38. The van der Waals surface area contributed by atoms with E-state index in [2.05, 4.69) is 20.4 Å². The third kappa shape index (κ3) is 5.10. The molecular weight excluding hydrogens is 415 g/mol.